The van der Waals surface area contributed by atoms with Gasteiger partial charge in [0.2, 0.25) is 15.9 Å². The van der Waals surface area contributed by atoms with E-state index in [2.05, 4.69) is 5.32 Å². The maximum atomic E-state index is 13.7. The summed E-state index contributed by atoms with van der Waals surface area (Å²) in [7, 11) is -2.65. The number of para-hydroxylation sites is 1. The number of rotatable bonds is 5. The molecule has 0 unspecified atom stereocenters. The molecule has 1 fully saturated rings. The van der Waals surface area contributed by atoms with Crippen molar-refractivity contribution in [1.29, 1.82) is 0 Å². The molecule has 0 aliphatic carbocycles. The largest absolute Gasteiger partial charge is 0.495 e. The molecule has 2 aromatic rings. The van der Waals surface area contributed by atoms with E-state index in [1.54, 1.807) is 0 Å². The summed E-state index contributed by atoms with van der Waals surface area (Å²) in [6.45, 7) is 2.21. The van der Waals surface area contributed by atoms with E-state index in [0.29, 0.717) is 18.5 Å². The third-order valence-corrected chi connectivity index (χ3v) is 6.79. The van der Waals surface area contributed by atoms with Gasteiger partial charge >= 0.3 is 0 Å². The number of nitrogens with one attached hydrogen (secondary N) is 1. The Morgan fingerprint density at radius 1 is 1.25 bits per heavy atom. The van der Waals surface area contributed by atoms with E-state index >= 15 is 0 Å². The van der Waals surface area contributed by atoms with E-state index in [-0.39, 0.29) is 29.6 Å². The second-order valence-electron chi connectivity index (χ2n) is 6.80. The molecule has 150 valence electrons. The summed E-state index contributed by atoms with van der Waals surface area (Å²) in [5, 5.41) is 2.88. The van der Waals surface area contributed by atoms with Crippen LogP contribution in [-0.2, 0) is 14.8 Å². The van der Waals surface area contributed by atoms with Gasteiger partial charge in [-0.2, -0.15) is 4.31 Å². The number of methoxy groups -OCH3 is 1. The second kappa shape index (κ2) is 8.28. The Bertz CT molecular complexity index is 978. The van der Waals surface area contributed by atoms with Gasteiger partial charge in [-0.1, -0.05) is 18.2 Å². The lowest BCUT2D eigenvalue weighted by atomic mass is 9.98. The Balaban J connectivity index is 1.80. The van der Waals surface area contributed by atoms with Crippen LogP contribution in [0.1, 0.15) is 18.4 Å². The highest BCUT2D eigenvalue weighted by atomic mass is 32.2. The number of piperidine rings is 1. The van der Waals surface area contributed by atoms with Gasteiger partial charge in [-0.05, 0) is 49.6 Å². The highest BCUT2D eigenvalue weighted by molar-refractivity contribution is 7.89. The normalized spacial score (nSPS) is 17.9. The van der Waals surface area contributed by atoms with Gasteiger partial charge in [0.1, 0.15) is 16.5 Å². The molecule has 1 N–H and O–H groups in total. The van der Waals surface area contributed by atoms with Crippen LogP contribution in [0.4, 0.5) is 10.1 Å². The van der Waals surface area contributed by atoms with Crippen molar-refractivity contribution in [1.82, 2.24) is 4.31 Å². The number of carbonyl (C=O) groups excluding carboxylic acids is 1. The molecule has 28 heavy (non-hydrogen) atoms. The zero-order chi connectivity index (χ0) is 20.3. The van der Waals surface area contributed by atoms with Crippen LogP contribution in [-0.4, -0.2) is 38.8 Å². The van der Waals surface area contributed by atoms with Crippen molar-refractivity contribution in [3.8, 4) is 5.75 Å². The lowest BCUT2D eigenvalue weighted by molar-refractivity contribution is -0.120. The molecule has 6 nitrogen and oxygen atoms in total. The summed E-state index contributed by atoms with van der Waals surface area (Å²) in [5.41, 5.74) is 1.64. The zero-order valence-corrected chi connectivity index (χ0v) is 16.6. The topological polar surface area (TPSA) is 75.7 Å². The van der Waals surface area contributed by atoms with E-state index in [1.807, 2.05) is 31.2 Å². The van der Waals surface area contributed by atoms with Crippen LogP contribution < -0.4 is 10.1 Å². The minimum Gasteiger partial charge on any atom is -0.495 e. The number of hydrogen-bond donors (Lipinski definition) is 1. The van der Waals surface area contributed by atoms with Crippen LogP contribution in [0.2, 0.25) is 0 Å². The minimum atomic E-state index is -3.99. The Morgan fingerprint density at radius 3 is 2.71 bits per heavy atom. The number of hydrogen-bond acceptors (Lipinski definition) is 4. The number of sulfonamides is 1. The molecule has 1 saturated heterocycles. The molecular formula is C20H23FN2O4S. The minimum absolute atomic E-state index is 0.0414. The molecule has 8 heteroatoms. The Morgan fingerprint density at radius 2 is 2.00 bits per heavy atom. The van der Waals surface area contributed by atoms with Crippen LogP contribution in [0, 0.1) is 18.7 Å². The summed E-state index contributed by atoms with van der Waals surface area (Å²) in [6.07, 6.45) is 1.13. The number of aryl methyl sites for hydroxylation is 1. The molecule has 0 saturated carbocycles. The maximum Gasteiger partial charge on any atom is 0.246 e. The van der Waals surface area contributed by atoms with Gasteiger partial charge in [0.05, 0.1) is 13.0 Å². The average molecular weight is 406 g/mol. The molecule has 0 bridgehead atoms. The molecule has 1 heterocycles. The number of ether oxygens (including phenoxy) is 1. The fourth-order valence-electron chi connectivity index (χ4n) is 3.31. The highest BCUT2D eigenvalue weighted by Gasteiger charge is 2.35. The van der Waals surface area contributed by atoms with Gasteiger partial charge in [0, 0.05) is 18.8 Å². The number of nitrogens with zero attached hydrogens (tertiary/aromatic N) is 1. The predicted octanol–water partition coefficient (Wildman–Crippen LogP) is 3.18. The SMILES string of the molecule is COc1ccc(F)cc1S(=O)(=O)N1CCC[C@@H](C(=O)Nc2ccccc2C)C1. The second-order valence-corrected chi connectivity index (χ2v) is 8.71. The van der Waals surface area contributed by atoms with Crippen molar-refractivity contribution < 1.29 is 22.3 Å². The highest BCUT2D eigenvalue weighted by Crippen LogP contribution is 2.30. The molecule has 1 aliphatic rings. The zero-order valence-electron chi connectivity index (χ0n) is 15.8. The lowest BCUT2D eigenvalue weighted by Gasteiger charge is -2.31. The van der Waals surface area contributed by atoms with Gasteiger partial charge in [0.25, 0.3) is 0 Å². The monoisotopic (exact) mass is 406 g/mol. The summed E-state index contributed by atoms with van der Waals surface area (Å²) in [4.78, 5) is 12.5. The molecule has 1 atom stereocenters. The average Bonchev–Trinajstić information content (AvgIpc) is 2.69. The summed E-state index contributed by atoms with van der Waals surface area (Å²) in [6, 6.07) is 10.8. The van der Waals surface area contributed by atoms with Gasteiger partial charge in [-0.15, -0.1) is 0 Å². The van der Waals surface area contributed by atoms with Crippen LogP contribution in [0.25, 0.3) is 0 Å². The molecule has 0 spiro atoms. The predicted molar refractivity (Wildman–Crippen MR) is 104 cm³/mol. The van der Waals surface area contributed by atoms with E-state index < -0.39 is 21.8 Å². The first-order chi connectivity index (χ1) is 13.3. The maximum absolute atomic E-state index is 13.7. The molecule has 3 rings (SSSR count). The molecular weight excluding hydrogens is 383 g/mol. The van der Waals surface area contributed by atoms with E-state index in [9.17, 15) is 17.6 Å². The van der Waals surface area contributed by atoms with Crippen molar-refractivity contribution in [2.24, 2.45) is 5.92 Å². The Hall–Kier alpha value is -2.45. The van der Waals surface area contributed by atoms with E-state index in [0.717, 1.165) is 17.7 Å². The van der Waals surface area contributed by atoms with Gasteiger partial charge in [-0.3, -0.25) is 4.79 Å². The van der Waals surface area contributed by atoms with Crippen molar-refractivity contribution in [2.45, 2.75) is 24.7 Å². The van der Waals surface area contributed by atoms with E-state index in [4.69, 9.17) is 4.74 Å². The van der Waals surface area contributed by atoms with Crippen molar-refractivity contribution in [3.63, 3.8) is 0 Å². The molecule has 2 aromatic carbocycles. The van der Waals surface area contributed by atoms with Crippen LogP contribution in [0.3, 0.4) is 0 Å². The molecule has 1 aliphatic heterocycles. The van der Waals surface area contributed by atoms with Crippen LogP contribution in [0.5, 0.6) is 5.75 Å². The smallest absolute Gasteiger partial charge is 0.246 e. The standard InChI is InChI=1S/C20H23FN2O4S/c1-14-6-3-4-8-17(14)22-20(24)15-7-5-11-23(13-15)28(25,26)19-12-16(21)9-10-18(19)27-2/h3-4,6,8-10,12,15H,5,7,11,13H2,1-2H3,(H,22,24)/t15-/m1/s1. The quantitative estimate of drug-likeness (QED) is 0.828. The third kappa shape index (κ3) is 4.18. The first-order valence-electron chi connectivity index (χ1n) is 9.03. The van der Waals surface area contributed by atoms with Gasteiger partial charge < -0.3 is 10.1 Å². The van der Waals surface area contributed by atoms with Crippen molar-refractivity contribution in [3.05, 3.63) is 53.8 Å². The number of anilines is 1. The van der Waals surface area contributed by atoms with Crippen LogP contribution in [0.15, 0.2) is 47.4 Å². The first kappa shape index (κ1) is 20.3. The summed E-state index contributed by atoms with van der Waals surface area (Å²) >= 11 is 0. The Kier molecular flexibility index (Phi) is 6.00. The number of amides is 1. The van der Waals surface area contributed by atoms with Gasteiger partial charge in [0.15, 0.2) is 0 Å². The van der Waals surface area contributed by atoms with Crippen molar-refractivity contribution in [2.75, 3.05) is 25.5 Å². The fourth-order valence-corrected chi connectivity index (χ4v) is 5.00. The van der Waals surface area contributed by atoms with E-state index in [1.165, 1.54) is 17.5 Å². The van der Waals surface area contributed by atoms with Gasteiger partial charge in [-0.25, -0.2) is 12.8 Å². The fraction of sp³-hybridized carbons (Fsp3) is 0.350. The van der Waals surface area contributed by atoms with Crippen LogP contribution >= 0.6 is 0 Å². The number of carbonyl (C=O) groups is 1. The molecule has 1 amide bonds. The molecule has 0 aromatic heterocycles. The molecule has 0 radical (unpaired) electrons. The Labute approximate surface area is 164 Å². The number of benzene rings is 2. The summed E-state index contributed by atoms with van der Waals surface area (Å²) < 4.78 is 46.1. The third-order valence-electron chi connectivity index (χ3n) is 4.90. The number of halogens is 1. The van der Waals surface area contributed by atoms with Crippen molar-refractivity contribution >= 4 is 21.6 Å². The first-order valence-corrected chi connectivity index (χ1v) is 10.5. The summed E-state index contributed by atoms with van der Waals surface area (Å²) in [5.74, 6) is -1.29. The lowest BCUT2D eigenvalue weighted by Crippen LogP contribution is -2.43.